The molecule has 2 aromatic rings. The van der Waals surface area contributed by atoms with E-state index in [4.69, 9.17) is 5.73 Å². The molecule has 5 rings (SSSR count). The largest absolute Gasteiger partial charge is 0.354 e. The number of nitrogens with two attached hydrogens (primary N) is 1. The van der Waals surface area contributed by atoms with Gasteiger partial charge in [0, 0.05) is 55.9 Å². The van der Waals surface area contributed by atoms with Crippen molar-refractivity contribution in [3.05, 3.63) is 53.5 Å². The minimum atomic E-state index is 0.359. The van der Waals surface area contributed by atoms with Crippen LogP contribution in [0, 0.1) is 0 Å². The molecule has 1 aromatic heterocycles. The zero-order chi connectivity index (χ0) is 17.5. The molecule has 0 radical (unpaired) electrons. The van der Waals surface area contributed by atoms with Gasteiger partial charge in [-0.25, -0.2) is 9.97 Å². The number of aromatic nitrogens is 2. The van der Waals surface area contributed by atoms with E-state index in [1.807, 2.05) is 0 Å². The third kappa shape index (κ3) is 2.99. The van der Waals surface area contributed by atoms with Crippen molar-refractivity contribution in [2.24, 2.45) is 5.73 Å². The lowest BCUT2D eigenvalue weighted by Crippen LogP contribution is -2.51. The SMILES string of the molecule is NC1CC(c2cc(N3CCN(C4Cc5ccccc5C4)CC3)ncn2)C1. The van der Waals surface area contributed by atoms with E-state index in [-0.39, 0.29) is 0 Å². The lowest BCUT2D eigenvalue weighted by molar-refractivity contribution is 0.190. The number of hydrogen-bond acceptors (Lipinski definition) is 5. The molecular formula is C21H27N5. The van der Waals surface area contributed by atoms with E-state index in [0.29, 0.717) is 18.0 Å². The summed E-state index contributed by atoms with van der Waals surface area (Å²) in [7, 11) is 0. The summed E-state index contributed by atoms with van der Waals surface area (Å²) in [6.45, 7) is 4.33. The molecule has 2 fully saturated rings. The Balaban J connectivity index is 1.21. The predicted octanol–water partition coefficient (Wildman–Crippen LogP) is 1.97. The Bertz CT molecular complexity index is 752. The van der Waals surface area contributed by atoms with Gasteiger partial charge in [-0.1, -0.05) is 24.3 Å². The number of fused-ring (bicyclic) bond motifs is 1. The van der Waals surface area contributed by atoms with E-state index in [9.17, 15) is 0 Å². The van der Waals surface area contributed by atoms with Gasteiger partial charge in [-0.05, 0) is 36.8 Å². The van der Waals surface area contributed by atoms with Gasteiger partial charge in [0.2, 0.25) is 0 Å². The standard InChI is InChI=1S/C21H27N5/c22-18-9-17(10-18)20-13-21(24-14-23-20)26-7-5-25(6-8-26)19-11-15-3-1-2-4-16(15)12-19/h1-4,13-14,17-19H,5-12,22H2. The number of nitrogens with zero attached hydrogens (tertiary/aromatic N) is 4. The first kappa shape index (κ1) is 16.2. The second-order valence-corrected chi connectivity index (χ2v) is 8.08. The maximum atomic E-state index is 5.93. The number of piperazine rings is 1. The molecule has 0 bridgehead atoms. The number of benzene rings is 1. The van der Waals surface area contributed by atoms with Crippen LogP contribution in [-0.2, 0) is 12.8 Å². The van der Waals surface area contributed by atoms with Crippen molar-refractivity contribution in [3.63, 3.8) is 0 Å². The highest BCUT2D eigenvalue weighted by Gasteiger charge is 2.31. The minimum absolute atomic E-state index is 0.359. The molecule has 3 aliphatic rings. The molecule has 2 aliphatic carbocycles. The zero-order valence-corrected chi connectivity index (χ0v) is 15.2. The van der Waals surface area contributed by atoms with Crippen molar-refractivity contribution in [2.75, 3.05) is 31.1 Å². The molecule has 0 spiro atoms. The fourth-order valence-electron chi connectivity index (χ4n) is 4.77. The minimum Gasteiger partial charge on any atom is -0.354 e. The number of anilines is 1. The second kappa shape index (κ2) is 6.63. The fraction of sp³-hybridized carbons (Fsp3) is 0.524. The van der Waals surface area contributed by atoms with E-state index in [0.717, 1.165) is 44.8 Å². The topological polar surface area (TPSA) is 58.3 Å². The van der Waals surface area contributed by atoms with Crippen LogP contribution in [0.15, 0.2) is 36.7 Å². The number of hydrogen-bond donors (Lipinski definition) is 1. The van der Waals surface area contributed by atoms with E-state index >= 15 is 0 Å². The molecule has 2 heterocycles. The summed E-state index contributed by atoms with van der Waals surface area (Å²) < 4.78 is 0. The van der Waals surface area contributed by atoms with Crippen LogP contribution in [0.1, 0.15) is 35.6 Å². The van der Waals surface area contributed by atoms with Crippen LogP contribution in [0.2, 0.25) is 0 Å². The Morgan fingerprint density at radius 2 is 1.62 bits per heavy atom. The average molecular weight is 349 g/mol. The molecule has 0 unspecified atom stereocenters. The quantitative estimate of drug-likeness (QED) is 0.918. The van der Waals surface area contributed by atoms with E-state index < -0.39 is 0 Å². The van der Waals surface area contributed by atoms with Crippen LogP contribution in [0.3, 0.4) is 0 Å². The van der Waals surface area contributed by atoms with Gasteiger partial charge < -0.3 is 10.6 Å². The Kier molecular flexibility index (Phi) is 4.14. The fourth-order valence-corrected chi connectivity index (χ4v) is 4.77. The lowest BCUT2D eigenvalue weighted by Gasteiger charge is -2.39. The molecule has 0 amide bonds. The first-order chi connectivity index (χ1) is 12.8. The van der Waals surface area contributed by atoms with Gasteiger partial charge in [0.05, 0.1) is 0 Å². The molecule has 1 saturated carbocycles. The smallest absolute Gasteiger partial charge is 0.132 e. The molecule has 26 heavy (non-hydrogen) atoms. The van der Waals surface area contributed by atoms with Crippen LogP contribution in [-0.4, -0.2) is 53.1 Å². The van der Waals surface area contributed by atoms with Crippen LogP contribution >= 0.6 is 0 Å². The van der Waals surface area contributed by atoms with E-state index in [1.165, 1.54) is 18.5 Å². The summed E-state index contributed by atoms with van der Waals surface area (Å²) in [6, 6.07) is 12.1. The highest BCUT2D eigenvalue weighted by atomic mass is 15.3. The van der Waals surface area contributed by atoms with Crippen molar-refractivity contribution in [2.45, 2.75) is 43.7 Å². The van der Waals surface area contributed by atoms with Crippen LogP contribution in [0.25, 0.3) is 0 Å². The summed E-state index contributed by atoms with van der Waals surface area (Å²) in [5, 5.41) is 0. The maximum Gasteiger partial charge on any atom is 0.132 e. The summed E-state index contributed by atoms with van der Waals surface area (Å²) in [5.74, 6) is 1.62. The normalized spacial score (nSPS) is 26.6. The van der Waals surface area contributed by atoms with Crippen LogP contribution in [0.5, 0.6) is 0 Å². The molecular weight excluding hydrogens is 322 g/mol. The van der Waals surface area contributed by atoms with Crippen LogP contribution < -0.4 is 10.6 Å². The summed E-state index contributed by atoms with van der Waals surface area (Å²) in [4.78, 5) is 14.1. The Labute approximate surface area is 155 Å². The average Bonchev–Trinajstić information content (AvgIpc) is 3.10. The first-order valence-corrected chi connectivity index (χ1v) is 9.89. The first-order valence-electron chi connectivity index (χ1n) is 9.89. The van der Waals surface area contributed by atoms with E-state index in [1.54, 1.807) is 17.5 Å². The second-order valence-electron chi connectivity index (χ2n) is 8.08. The maximum absolute atomic E-state index is 5.93. The van der Waals surface area contributed by atoms with Crippen molar-refractivity contribution in [1.82, 2.24) is 14.9 Å². The Morgan fingerprint density at radius 3 is 2.27 bits per heavy atom. The summed E-state index contributed by atoms with van der Waals surface area (Å²) in [5.41, 5.74) is 10.2. The van der Waals surface area contributed by atoms with Gasteiger partial charge in [0.15, 0.2) is 0 Å². The van der Waals surface area contributed by atoms with Crippen molar-refractivity contribution >= 4 is 5.82 Å². The van der Waals surface area contributed by atoms with Crippen molar-refractivity contribution in [1.29, 1.82) is 0 Å². The molecule has 1 aliphatic heterocycles. The van der Waals surface area contributed by atoms with Crippen molar-refractivity contribution < 1.29 is 0 Å². The molecule has 5 heteroatoms. The molecule has 0 atom stereocenters. The van der Waals surface area contributed by atoms with Crippen LogP contribution in [0.4, 0.5) is 5.82 Å². The molecule has 1 saturated heterocycles. The molecule has 2 N–H and O–H groups in total. The van der Waals surface area contributed by atoms with Gasteiger partial charge >= 0.3 is 0 Å². The van der Waals surface area contributed by atoms with Gasteiger partial charge in [-0.15, -0.1) is 0 Å². The molecule has 136 valence electrons. The third-order valence-corrected chi connectivity index (χ3v) is 6.45. The summed E-state index contributed by atoms with van der Waals surface area (Å²) in [6.07, 6.45) is 6.26. The van der Waals surface area contributed by atoms with Gasteiger partial charge in [-0.2, -0.15) is 0 Å². The molecule has 1 aromatic carbocycles. The lowest BCUT2D eigenvalue weighted by atomic mass is 9.78. The van der Waals surface area contributed by atoms with Crippen molar-refractivity contribution in [3.8, 4) is 0 Å². The van der Waals surface area contributed by atoms with Gasteiger partial charge in [-0.3, -0.25) is 4.90 Å². The predicted molar refractivity (Wildman–Crippen MR) is 103 cm³/mol. The van der Waals surface area contributed by atoms with Gasteiger partial charge in [0.25, 0.3) is 0 Å². The zero-order valence-electron chi connectivity index (χ0n) is 15.2. The monoisotopic (exact) mass is 349 g/mol. The Morgan fingerprint density at radius 1 is 0.923 bits per heavy atom. The van der Waals surface area contributed by atoms with E-state index in [2.05, 4.69) is 50.1 Å². The van der Waals surface area contributed by atoms with Gasteiger partial charge in [0.1, 0.15) is 12.1 Å². The third-order valence-electron chi connectivity index (χ3n) is 6.45. The summed E-state index contributed by atoms with van der Waals surface area (Å²) >= 11 is 0. The highest BCUT2D eigenvalue weighted by Crippen LogP contribution is 2.35. The highest BCUT2D eigenvalue weighted by molar-refractivity contribution is 5.41. The Hall–Kier alpha value is -1.98. The number of rotatable bonds is 3. The molecule has 5 nitrogen and oxygen atoms in total.